The summed E-state index contributed by atoms with van der Waals surface area (Å²) >= 11 is 0. The Bertz CT molecular complexity index is 954. The van der Waals surface area contributed by atoms with Gasteiger partial charge in [-0.2, -0.15) is 0 Å². The van der Waals surface area contributed by atoms with E-state index < -0.39 is 0 Å². The highest BCUT2D eigenvalue weighted by Crippen LogP contribution is 2.27. The first-order chi connectivity index (χ1) is 13.5. The van der Waals surface area contributed by atoms with Crippen molar-refractivity contribution >= 4 is 5.91 Å². The van der Waals surface area contributed by atoms with Crippen molar-refractivity contribution in [2.75, 3.05) is 14.2 Å². The second kappa shape index (κ2) is 8.65. The van der Waals surface area contributed by atoms with Crippen molar-refractivity contribution in [2.45, 2.75) is 26.3 Å². The molecule has 0 aliphatic rings. The second-order valence-corrected chi connectivity index (χ2v) is 6.87. The molecular formula is C23H25N3O2. The van der Waals surface area contributed by atoms with Crippen molar-refractivity contribution in [3.63, 3.8) is 0 Å². The zero-order chi connectivity index (χ0) is 20.1. The van der Waals surface area contributed by atoms with Gasteiger partial charge >= 0.3 is 0 Å². The Morgan fingerprint density at radius 2 is 1.75 bits per heavy atom. The molecule has 3 aromatic rings. The van der Waals surface area contributed by atoms with Crippen LogP contribution in [0.4, 0.5) is 0 Å². The number of hydrogen-bond acceptors (Lipinski definition) is 4. The predicted molar refractivity (Wildman–Crippen MR) is 110 cm³/mol. The fraction of sp³-hybridized carbons (Fsp3) is 0.261. The maximum absolute atomic E-state index is 12.9. The molecule has 5 nitrogen and oxygen atoms in total. The molecule has 144 valence electrons. The van der Waals surface area contributed by atoms with Gasteiger partial charge in [-0.1, -0.05) is 18.2 Å². The van der Waals surface area contributed by atoms with Gasteiger partial charge in [0.2, 0.25) is 0 Å². The molecule has 0 saturated heterocycles. The Kier molecular flexibility index (Phi) is 6.04. The third-order valence-corrected chi connectivity index (χ3v) is 4.98. The van der Waals surface area contributed by atoms with Crippen LogP contribution >= 0.6 is 0 Å². The van der Waals surface area contributed by atoms with Crippen LogP contribution < -0.4 is 4.74 Å². The molecule has 2 heterocycles. The number of rotatable bonds is 6. The fourth-order valence-corrected chi connectivity index (χ4v) is 3.10. The minimum atomic E-state index is -0.0133. The van der Waals surface area contributed by atoms with Crippen LogP contribution in [-0.4, -0.2) is 41.0 Å². The molecule has 0 spiro atoms. The number of carbonyl (C=O) groups excluding carboxylic acids is 1. The normalized spacial score (nSPS) is 11.7. The number of nitrogens with zero attached hydrogens (tertiary/aromatic N) is 3. The molecule has 0 saturated carbocycles. The first-order valence-corrected chi connectivity index (χ1v) is 9.28. The van der Waals surface area contributed by atoms with Gasteiger partial charge < -0.3 is 9.64 Å². The summed E-state index contributed by atoms with van der Waals surface area (Å²) in [5.74, 6) is 0.693. The highest BCUT2D eigenvalue weighted by molar-refractivity contribution is 5.94. The van der Waals surface area contributed by atoms with E-state index >= 15 is 0 Å². The number of carbonyl (C=O) groups is 1. The summed E-state index contributed by atoms with van der Waals surface area (Å²) in [7, 11) is 3.46. The molecule has 2 aromatic heterocycles. The van der Waals surface area contributed by atoms with Crippen LogP contribution in [0.3, 0.4) is 0 Å². The van der Waals surface area contributed by atoms with Crippen LogP contribution in [0.2, 0.25) is 0 Å². The standard InChI is InChI=1S/C23H25N3O2/c1-16-7-5-13-24-20(16)15-17(2)26(3)23(27)19-11-9-18(10-12-19)22-21(28-4)8-6-14-25-22/h5-14,17H,15H2,1-4H3. The Morgan fingerprint density at radius 1 is 1.07 bits per heavy atom. The summed E-state index contributed by atoms with van der Waals surface area (Å²) in [6.45, 7) is 4.08. The van der Waals surface area contributed by atoms with Crippen LogP contribution in [-0.2, 0) is 6.42 Å². The maximum atomic E-state index is 12.9. The lowest BCUT2D eigenvalue weighted by Gasteiger charge is -2.25. The molecule has 28 heavy (non-hydrogen) atoms. The smallest absolute Gasteiger partial charge is 0.253 e. The lowest BCUT2D eigenvalue weighted by molar-refractivity contribution is 0.0743. The van der Waals surface area contributed by atoms with E-state index in [0.29, 0.717) is 11.3 Å². The third kappa shape index (κ3) is 4.19. The Hall–Kier alpha value is -3.21. The summed E-state index contributed by atoms with van der Waals surface area (Å²) in [6.07, 6.45) is 4.24. The van der Waals surface area contributed by atoms with Gasteiger partial charge in [-0.3, -0.25) is 14.8 Å². The number of methoxy groups -OCH3 is 1. The predicted octanol–water partition coefficient (Wildman–Crippen LogP) is 4.16. The zero-order valence-corrected chi connectivity index (χ0v) is 16.7. The SMILES string of the molecule is COc1cccnc1-c1ccc(C(=O)N(C)C(C)Cc2ncccc2C)cc1. The average Bonchev–Trinajstić information content (AvgIpc) is 2.74. The number of likely N-dealkylation sites (N-methyl/N-ethyl adjacent to an activating group) is 1. The molecule has 1 aromatic carbocycles. The lowest BCUT2D eigenvalue weighted by Crippen LogP contribution is -2.36. The third-order valence-electron chi connectivity index (χ3n) is 4.98. The first kappa shape index (κ1) is 19.5. The van der Waals surface area contributed by atoms with E-state index in [1.165, 1.54) is 0 Å². The van der Waals surface area contributed by atoms with Crippen molar-refractivity contribution in [3.8, 4) is 17.0 Å². The van der Waals surface area contributed by atoms with E-state index in [4.69, 9.17) is 4.74 Å². The molecule has 0 fully saturated rings. The van der Waals surface area contributed by atoms with E-state index in [1.54, 1.807) is 24.4 Å². The van der Waals surface area contributed by atoms with Crippen LogP contribution in [0.1, 0.15) is 28.5 Å². The fourth-order valence-electron chi connectivity index (χ4n) is 3.10. The summed E-state index contributed by atoms with van der Waals surface area (Å²) in [4.78, 5) is 23.5. The summed E-state index contributed by atoms with van der Waals surface area (Å²) in [5, 5.41) is 0. The highest BCUT2D eigenvalue weighted by Gasteiger charge is 2.19. The second-order valence-electron chi connectivity index (χ2n) is 6.87. The number of pyridine rings is 2. The largest absolute Gasteiger partial charge is 0.494 e. The number of hydrogen-bond donors (Lipinski definition) is 0. The van der Waals surface area contributed by atoms with Crippen LogP contribution in [0.15, 0.2) is 60.9 Å². The van der Waals surface area contributed by atoms with Gasteiger partial charge in [0.15, 0.2) is 0 Å². The van der Waals surface area contributed by atoms with E-state index in [2.05, 4.69) is 9.97 Å². The Morgan fingerprint density at radius 3 is 2.43 bits per heavy atom. The molecule has 3 rings (SSSR count). The van der Waals surface area contributed by atoms with Gasteiger partial charge in [0, 0.05) is 48.7 Å². The molecule has 5 heteroatoms. The van der Waals surface area contributed by atoms with E-state index in [0.717, 1.165) is 28.9 Å². The number of aryl methyl sites for hydroxylation is 1. The molecule has 0 aliphatic heterocycles. The number of benzene rings is 1. The van der Waals surface area contributed by atoms with Crippen LogP contribution in [0, 0.1) is 6.92 Å². The molecule has 0 aliphatic carbocycles. The Balaban J connectivity index is 1.74. The monoisotopic (exact) mass is 375 g/mol. The van der Waals surface area contributed by atoms with Gasteiger partial charge in [-0.15, -0.1) is 0 Å². The van der Waals surface area contributed by atoms with Gasteiger partial charge in [0.05, 0.1) is 7.11 Å². The summed E-state index contributed by atoms with van der Waals surface area (Å²) in [6, 6.07) is 15.2. The average molecular weight is 375 g/mol. The minimum Gasteiger partial charge on any atom is -0.494 e. The van der Waals surface area contributed by atoms with Crippen molar-refractivity contribution in [1.82, 2.24) is 14.9 Å². The van der Waals surface area contributed by atoms with Crippen LogP contribution in [0.25, 0.3) is 11.3 Å². The summed E-state index contributed by atoms with van der Waals surface area (Å²) in [5.41, 5.74) is 4.48. The van der Waals surface area contributed by atoms with Crippen molar-refractivity contribution < 1.29 is 9.53 Å². The maximum Gasteiger partial charge on any atom is 0.253 e. The van der Waals surface area contributed by atoms with Gasteiger partial charge in [0.25, 0.3) is 5.91 Å². The van der Waals surface area contributed by atoms with Crippen molar-refractivity contribution in [2.24, 2.45) is 0 Å². The Labute approximate surface area is 166 Å². The first-order valence-electron chi connectivity index (χ1n) is 9.28. The number of ether oxygens (including phenoxy) is 1. The van der Waals surface area contributed by atoms with E-state index in [1.807, 2.05) is 69.4 Å². The van der Waals surface area contributed by atoms with Gasteiger partial charge in [-0.05, 0) is 49.7 Å². The minimum absolute atomic E-state index is 0.0133. The number of aromatic nitrogens is 2. The van der Waals surface area contributed by atoms with Gasteiger partial charge in [-0.25, -0.2) is 0 Å². The van der Waals surface area contributed by atoms with E-state index in [-0.39, 0.29) is 11.9 Å². The topological polar surface area (TPSA) is 55.3 Å². The molecule has 1 atom stereocenters. The molecular weight excluding hydrogens is 350 g/mol. The zero-order valence-electron chi connectivity index (χ0n) is 16.7. The summed E-state index contributed by atoms with van der Waals surface area (Å²) < 4.78 is 5.37. The molecule has 0 bridgehead atoms. The molecule has 1 unspecified atom stereocenters. The molecule has 1 amide bonds. The number of amides is 1. The highest BCUT2D eigenvalue weighted by atomic mass is 16.5. The molecule has 0 N–H and O–H groups in total. The van der Waals surface area contributed by atoms with Crippen molar-refractivity contribution in [1.29, 1.82) is 0 Å². The lowest BCUT2D eigenvalue weighted by atomic mass is 10.0. The van der Waals surface area contributed by atoms with E-state index in [9.17, 15) is 4.79 Å². The van der Waals surface area contributed by atoms with Gasteiger partial charge in [0.1, 0.15) is 11.4 Å². The quantitative estimate of drug-likeness (QED) is 0.649. The van der Waals surface area contributed by atoms with Crippen molar-refractivity contribution in [3.05, 3.63) is 77.7 Å². The van der Waals surface area contributed by atoms with Crippen LogP contribution in [0.5, 0.6) is 5.75 Å². The molecule has 0 radical (unpaired) electrons.